The van der Waals surface area contributed by atoms with Crippen molar-refractivity contribution in [2.75, 3.05) is 0 Å². The Hall–Kier alpha value is -4.17. The highest BCUT2D eigenvalue weighted by Crippen LogP contribution is 2.40. The largest absolute Gasteiger partial charge is 0.489 e. The van der Waals surface area contributed by atoms with Crippen molar-refractivity contribution in [3.8, 4) is 17.0 Å². The first kappa shape index (κ1) is 39.0. The first-order valence-corrected chi connectivity index (χ1v) is 20.5. The van der Waals surface area contributed by atoms with E-state index < -0.39 is 25.4 Å². The highest BCUT2D eigenvalue weighted by molar-refractivity contribution is 6.98. The molecule has 0 saturated heterocycles. The van der Waals surface area contributed by atoms with E-state index >= 15 is 0 Å². The Bertz CT molecular complexity index is 1890. The molecule has 5 rings (SSSR count). The van der Waals surface area contributed by atoms with Crippen molar-refractivity contribution in [1.82, 2.24) is 9.55 Å². The molecule has 6 nitrogen and oxygen atoms in total. The Morgan fingerprint density at radius 2 is 1.48 bits per heavy atom. The van der Waals surface area contributed by atoms with E-state index in [4.69, 9.17) is 26.1 Å². The summed E-state index contributed by atoms with van der Waals surface area (Å²) in [5.41, 5.74) is 3.34. The molecule has 0 aliphatic rings. The van der Waals surface area contributed by atoms with Crippen molar-refractivity contribution in [1.29, 1.82) is 0 Å². The summed E-state index contributed by atoms with van der Waals surface area (Å²) in [7, 11) is -1.14. The standard InChI is InChI=1S/C44H53ClN2O4Si/c1-31(2)50-40-26-25-34(29-38(40)45)41(48)51-35(28-32-21-23-33(24-22-32)39-30-47(8)42(46-39)43(3,4)5)16-15-27-44(6,7)52(49,36-17-11-9-12-18-36)37-19-13-10-14-20-37/h9-14,17-26,29-31,35,49H,15-16,27-28H2,1-8H3/t35-/m1/s1. The van der Waals surface area contributed by atoms with Crippen molar-refractivity contribution in [3.63, 3.8) is 0 Å². The minimum Gasteiger partial charge on any atom is -0.489 e. The van der Waals surface area contributed by atoms with Crippen LogP contribution >= 0.6 is 11.6 Å². The fourth-order valence-corrected chi connectivity index (χ4v) is 11.0. The van der Waals surface area contributed by atoms with Crippen LogP contribution in [0, 0.1) is 0 Å². The van der Waals surface area contributed by atoms with Crippen LogP contribution in [0.15, 0.2) is 109 Å². The molecular formula is C44H53ClN2O4Si. The number of ether oxygens (including phenoxy) is 2. The maximum absolute atomic E-state index is 13.6. The van der Waals surface area contributed by atoms with Crippen molar-refractivity contribution in [2.24, 2.45) is 7.05 Å². The van der Waals surface area contributed by atoms with Gasteiger partial charge in [-0.25, -0.2) is 9.78 Å². The fourth-order valence-electron chi connectivity index (χ4n) is 7.04. The topological polar surface area (TPSA) is 73.6 Å². The van der Waals surface area contributed by atoms with Gasteiger partial charge in [-0.3, -0.25) is 0 Å². The number of aryl methyl sites for hydroxylation is 1. The van der Waals surface area contributed by atoms with Gasteiger partial charge in [0.2, 0.25) is 0 Å². The van der Waals surface area contributed by atoms with Crippen molar-refractivity contribution in [2.45, 2.75) is 96.8 Å². The zero-order valence-electron chi connectivity index (χ0n) is 31.8. The molecular weight excluding hydrogens is 684 g/mol. The van der Waals surface area contributed by atoms with Crippen LogP contribution in [-0.2, 0) is 23.6 Å². The van der Waals surface area contributed by atoms with E-state index in [1.807, 2.05) is 81.6 Å². The third kappa shape index (κ3) is 9.06. The normalized spacial score (nSPS) is 12.9. The van der Waals surface area contributed by atoms with Crippen molar-refractivity contribution in [3.05, 3.63) is 131 Å². The number of imidazole rings is 1. The molecule has 1 N–H and O–H groups in total. The zero-order chi connectivity index (χ0) is 37.7. The van der Waals surface area contributed by atoms with Gasteiger partial charge in [-0.1, -0.05) is 131 Å². The molecule has 1 aromatic heterocycles. The molecule has 0 saturated carbocycles. The van der Waals surface area contributed by atoms with Gasteiger partial charge < -0.3 is 18.8 Å². The Kier molecular flexibility index (Phi) is 12.2. The van der Waals surface area contributed by atoms with Gasteiger partial charge in [-0.15, -0.1) is 0 Å². The Labute approximate surface area is 315 Å². The molecule has 0 fully saturated rings. The predicted molar refractivity (Wildman–Crippen MR) is 215 cm³/mol. The number of aromatic nitrogens is 2. The summed E-state index contributed by atoms with van der Waals surface area (Å²) in [4.78, 5) is 31.2. The molecule has 4 aromatic carbocycles. The second-order valence-electron chi connectivity index (χ2n) is 15.8. The van der Waals surface area contributed by atoms with Crippen molar-refractivity contribution >= 4 is 36.3 Å². The minimum atomic E-state index is -3.18. The third-order valence-corrected chi connectivity index (χ3v) is 14.6. The molecule has 52 heavy (non-hydrogen) atoms. The Morgan fingerprint density at radius 1 is 0.885 bits per heavy atom. The molecule has 0 unspecified atom stereocenters. The van der Waals surface area contributed by atoms with E-state index in [0.717, 1.165) is 45.9 Å². The Balaban J connectivity index is 1.37. The van der Waals surface area contributed by atoms with Gasteiger partial charge in [0.1, 0.15) is 17.7 Å². The lowest BCUT2D eigenvalue weighted by atomic mass is 9.96. The number of hydrogen-bond acceptors (Lipinski definition) is 5. The summed E-state index contributed by atoms with van der Waals surface area (Å²) < 4.78 is 14.1. The van der Waals surface area contributed by atoms with Crippen molar-refractivity contribution < 1.29 is 19.1 Å². The van der Waals surface area contributed by atoms with Crippen LogP contribution in [-0.4, -0.2) is 40.8 Å². The molecule has 1 heterocycles. The first-order valence-electron chi connectivity index (χ1n) is 18.2. The van der Waals surface area contributed by atoms with Gasteiger partial charge in [0, 0.05) is 30.6 Å². The smallest absolute Gasteiger partial charge is 0.338 e. The van der Waals surface area contributed by atoms with Gasteiger partial charge in [0.15, 0.2) is 0 Å². The lowest BCUT2D eigenvalue weighted by Gasteiger charge is -2.41. The Morgan fingerprint density at radius 3 is 2.00 bits per heavy atom. The van der Waals surface area contributed by atoms with Gasteiger partial charge in [-0.05, 0) is 72.3 Å². The van der Waals surface area contributed by atoms with Crippen LogP contribution in [0.25, 0.3) is 11.3 Å². The van der Waals surface area contributed by atoms with E-state index in [1.165, 1.54) is 0 Å². The van der Waals surface area contributed by atoms with Gasteiger partial charge in [0.05, 0.1) is 22.4 Å². The van der Waals surface area contributed by atoms with E-state index in [1.54, 1.807) is 18.2 Å². The van der Waals surface area contributed by atoms with E-state index in [-0.39, 0.29) is 11.5 Å². The van der Waals surface area contributed by atoms with Crippen LogP contribution in [0.5, 0.6) is 5.75 Å². The second-order valence-corrected chi connectivity index (χ2v) is 20.1. The summed E-state index contributed by atoms with van der Waals surface area (Å²) >= 11 is 6.50. The molecule has 0 radical (unpaired) electrons. The van der Waals surface area contributed by atoms with E-state index in [0.29, 0.717) is 29.2 Å². The lowest BCUT2D eigenvalue weighted by Crippen LogP contribution is -2.65. The zero-order valence-corrected chi connectivity index (χ0v) is 33.6. The van der Waals surface area contributed by atoms with Crippen LogP contribution in [0.1, 0.15) is 89.5 Å². The van der Waals surface area contributed by atoms with Crippen LogP contribution in [0.4, 0.5) is 0 Å². The number of carbonyl (C=O) groups is 1. The van der Waals surface area contributed by atoms with E-state index in [2.05, 4.69) is 69.6 Å². The number of carbonyl (C=O) groups excluding carboxylic acids is 1. The van der Waals surface area contributed by atoms with Gasteiger partial charge in [-0.2, -0.15) is 0 Å². The average molecular weight is 737 g/mol. The summed E-state index contributed by atoms with van der Waals surface area (Å²) in [5.74, 6) is 1.13. The maximum atomic E-state index is 13.6. The van der Waals surface area contributed by atoms with Crippen LogP contribution in [0.3, 0.4) is 0 Å². The average Bonchev–Trinajstić information content (AvgIpc) is 3.51. The van der Waals surface area contributed by atoms with Gasteiger partial charge in [0.25, 0.3) is 8.32 Å². The minimum absolute atomic E-state index is 0.0435. The second kappa shape index (κ2) is 16.2. The number of nitrogens with zero attached hydrogens (tertiary/aromatic N) is 2. The molecule has 0 aliphatic carbocycles. The summed E-state index contributed by atoms with van der Waals surface area (Å²) in [6, 6.07) is 33.6. The maximum Gasteiger partial charge on any atom is 0.338 e. The molecule has 5 aromatic rings. The van der Waals surface area contributed by atoms with E-state index in [9.17, 15) is 9.59 Å². The molecule has 0 amide bonds. The molecule has 274 valence electrons. The van der Waals surface area contributed by atoms with Crippen LogP contribution in [0.2, 0.25) is 10.1 Å². The molecule has 0 bridgehead atoms. The summed E-state index contributed by atoms with van der Waals surface area (Å²) in [6.45, 7) is 14.7. The highest BCUT2D eigenvalue weighted by Gasteiger charge is 2.49. The third-order valence-electron chi connectivity index (χ3n) is 9.75. The number of esters is 1. The quantitative estimate of drug-likeness (QED) is 0.0909. The highest BCUT2D eigenvalue weighted by atomic mass is 35.5. The summed E-state index contributed by atoms with van der Waals surface area (Å²) in [6.07, 6.45) is 4.30. The monoisotopic (exact) mass is 736 g/mol. The number of hydrogen-bond donors (Lipinski definition) is 1. The molecule has 1 atom stereocenters. The van der Waals surface area contributed by atoms with Gasteiger partial charge >= 0.3 is 5.97 Å². The lowest BCUT2D eigenvalue weighted by molar-refractivity contribution is 0.0275. The fraction of sp³-hybridized carbons (Fsp3) is 0.364. The first-order chi connectivity index (χ1) is 24.6. The molecule has 0 spiro atoms. The number of rotatable bonds is 14. The molecule has 8 heteroatoms. The number of halogens is 1. The summed E-state index contributed by atoms with van der Waals surface area (Å²) in [5, 5.41) is 1.92. The predicted octanol–water partition coefficient (Wildman–Crippen LogP) is 9.30. The SMILES string of the molecule is CC(C)Oc1ccc(C(=O)O[C@H](CCCC(C)(C)[Si](O)(c2ccccc2)c2ccccc2)Cc2ccc(-c3cn(C)c(C(C)(C)C)n3)cc2)cc1Cl. The van der Waals surface area contributed by atoms with Crippen LogP contribution < -0.4 is 15.1 Å². The molecule has 0 aliphatic heterocycles. The number of benzene rings is 4.